The second kappa shape index (κ2) is 4.84. The van der Waals surface area contributed by atoms with Crippen LogP contribution in [0.15, 0.2) is 12.1 Å². The smallest absolute Gasteiger partial charge is 0.165 e. The number of phenols is 1. The molecule has 0 amide bonds. The van der Waals surface area contributed by atoms with Crippen molar-refractivity contribution < 1.29 is 14.9 Å². The lowest BCUT2D eigenvalue weighted by atomic mass is 9.49. The number of ether oxygens (including phenoxy) is 1. The average Bonchev–Trinajstić information content (AvgIpc) is 3.32. The van der Waals surface area contributed by atoms with Gasteiger partial charge >= 0.3 is 0 Å². The average molecular weight is 453 g/mol. The molecule has 1 spiro atoms. The Kier molecular flexibility index (Phi) is 3.01. The Balaban J connectivity index is 1.57. The summed E-state index contributed by atoms with van der Waals surface area (Å²) in [5, 5.41) is 22.6. The molecule has 3 fully saturated rings. The van der Waals surface area contributed by atoms with Crippen LogP contribution in [-0.2, 0) is 11.8 Å². The van der Waals surface area contributed by atoms with E-state index in [1.807, 2.05) is 0 Å². The monoisotopic (exact) mass is 453 g/mol. The predicted octanol–water partition coefficient (Wildman–Crippen LogP) is 2.76. The number of hydrogen-bond donors (Lipinski definition) is 2. The first-order valence-electron chi connectivity index (χ1n) is 9.67. The van der Waals surface area contributed by atoms with Gasteiger partial charge in [0.2, 0.25) is 0 Å². The van der Waals surface area contributed by atoms with Crippen LogP contribution in [-0.4, -0.2) is 49.9 Å². The summed E-state index contributed by atoms with van der Waals surface area (Å²) in [7, 11) is 0. The van der Waals surface area contributed by atoms with Gasteiger partial charge in [-0.2, -0.15) is 0 Å². The van der Waals surface area contributed by atoms with Gasteiger partial charge in [-0.15, -0.1) is 0 Å². The van der Waals surface area contributed by atoms with Crippen LogP contribution >= 0.6 is 22.6 Å². The van der Waals surface area contributed by atoms with Gasteiger partial charge in [0.1, 0.15) is 6.10 Å². The minimum atomic E-state index is -0.724. The fraction of sp³-hybridized carbons (Fsp3) is 0.700. The molecule has 6 rings (SSSR count). The van der Waals surface area contributed by atoms with E-state index in [9.17, 15) is 10.2 Å². The third kappa shape index (κ3) is 1.76. The largest absolute Gasteiger partial charge is 0.504 e. The normalized spacial score (nSPS) is 44.3. The van der Waals surface area contributed by atoms with Crippen molar-refractivity contribution in [1.82, 2.24) is 4.90 Å². The maximum atomic E-state index is 12.1. The molecule has 1 saturated heterocycles. The van der Waals surface area contributed by atoms with E-state index in [1.165, 1.54) is 18.4 Å². The molecule has 2 bridgehead atoms. The van der Waals surface area contributed by atoms with Gasteiger partial charge in [-0.05, 0) is 62.6 Å². The molecule has 2 N–H and O–H groups in total. The van der Waals surface area contributed by atoms with E-state index in [1.54, 1.807) is 6.07 Å². The Hall–Kier alpha value is -0.530. The van der Waals surface area contributed by atoms with Crippen molar-refractivity contribution in [2.75, 3.05) is 13.1 Å². The minimum Gasteiger partial charge on any atom is -0.504 e. The Morgan fingerprint density at radius 3 is 2.88 bits per heavy atom. The minimum absolute atomic E-state index is 0.0141. The molecule has 1 aromatic carbocycles. The summed E-state index contributed by atoms with van der Waals surface area (Å²) in [5.41, 5.74) is 1.38. The molecule has 2 heterocycles. The molecule has 2 aliphatic heterocycles. The summed E-state index contributed by atoms with van der Waals surface area (Å²) >= 11 is 2.50. The van der Waals surface area contributed by atoms with Gasteiger partial charge < -0.3 is 14.9 Å². The van der Waals surface area contributed by atoms with Crippen molar-refractivity contribution in [2.45, 2.75) is 65.6 Å². The molecule has 0 radical (unpaired) electrons. The van der Waals surface area contributed by atoms with Gasteiger partial charge in [0.25, 0.3) is 0 Å². The lowest BCUT2D eigenvalue weighted by Gasteiger charge is -2.63. The molecule has 25 heavy (non-hydrogen) atoms. The van der Waals surface area contributed by atoms with E-state index < -0.39 is 5.60 Å². The highest BCUT2D eigenvalue weighted by Crippen LogP contribution is 2.66. The molecule has 5 atom stereocenters. The molecule has 2 saturated carbocycles. The van der Waals surface area contributed by atoms with E-state index in [0.29, 0.717) is 9.67 Å². The van der Waals surface area contributed by atoms with Gasteiger partial charge in [0, 0.05) is 22.1 Å². The standard InChI is InChI=1S/C20H24INO3/c21-13-5-6-20(24)15-9-12-3-4-14(23)17-16(12)19(20,18(13)25-17)7-8-22(15)10-11-1-2-11/h3-4,11,13,15,18,23-24H,1-2,5-10H2/t13-,15+,18-,19-,20+/m0/s1. The first kappa shape index (κ1) is 15.5. The van der Waals surface area contributed by atoms with Crippen LogP contribution in [0.4, 0.5) is 0 Å². The first-order chi connectivity index (χ1) is 12.0. The van der Waals surface area contributed by atoms with Crippen molar-refractivity contribution in [1.29, 1.82) is 0 Å². The van der Waals surface area contributed by atoms with Crippen molar-refractivity contribution >= 4 is 22.6 Å². The SMILES string of the molecule is Oc1ccc2c3c1O[C@H]1[C@@H](I)CC[C@@]4(O)[C@@H](C2)N(CC2CC2)CC[C@]314. The highest BCUT2D eigenvalue weighted by Gasteiger charge is 2.72. The van der Waals surface area contributed by atoms with E-state index >= 15 is 0 Å². The molecule has 5 aliphatic rings. The molecule has 4 nitrogen and oxygen atoms in total. The Morgan fingerprint density at radius 1 is 1.24 bits per heavy atom. The van der Waals surface area contributed by atoms with Gasteiger partial charge in [0.05, 0.1) is 11.0 Å². The van der Waals surface area contributed by atoms with Crippen LogP contribution in [0.1, 0.15) is 43.2 Å². The number of piperidine rings is 1. The van der Waals surface area contributed by atoms with Crippen LogP contribution in [0.5, 0.6) is 11.5 Å². The highest BCUT2D eigenvalue weighted by molar-refractivity contribution is 14.1. The zero-order valence-corrected chi connectivity index (χ0v) is 16.4. The Bertz CT molecular complexity index is 766. The van der Waals surface area contributed by atoms with Crippen LogP contribution in [0, 0.1) is 5.92 Å². The fourth-order valence-corrected chi connectivity index (χ4v) is 7.49. The molecular weight excluding hydrogens is 429 g/mol. The second-order valence-corrected chi connectivity index (χ2v) is 10.4. The summed E-state index contributed by atoms with van der Waals surface area (Å²) in [6, 6.07) is 4.06. The number of nitrogens with zero attached hydrogens (tertiary/aromatic N) is 1. The summed E-state index contributed by atoms with van der Waals surface area (Å²) in [6.45, 7) is 2.18. The molecule has 1 aromatic rings. The van der Waals surface area contributed by atoms with Gasteiger partial charge in [0.15, 0.2) is 11.5 Å². The van der Waals surface area contributed by atoms with E-state index in [4.69, 9.17) is 4.74 Å². The lowest BCUT2D eigenvalue weighted by molar-refractivity contribution is -0.182. The predicted molar refractivity (Wildman–Crippen MR) is 103 cm³/mol. The van der Waals surface area contributed by atoms with Crippen LogP contribution in [0.25, 0.3) is 0 Å². The lowest BCUT2D eigenvalue weighted by Crippen LogP contribution is -2.76. The van der Waals surface area contributed by atoms with Crippen molar-refractivity contribution in [3.63, 3.8) is 0 Å². The molecule has 0 aromatic heterocycles. The zero-order chi connectivity index (χ0) is 17.0. The van der Waals surface area contributed by atoms with Gasteiger partial charge in [-0.1, -0.05) is 28.7 Å². The summed E-state index contributed by atoms with van der Waals surface area (Å²) in [6.07, 6.45) is 6.35. The molecule has 5 heteroatoms. The van der Waals surface area contributed by atoms with Gasteiger partial charge in [-0.25, -0.2) is 0 Å². The third-order valence-electron chi connectivity index (χ3n) is 7.69. The number of phenolic OH excluding ortho intramolecular Hbond substituents is 1. The number of hydrogen-bond acceptors (Lipinski definition) is 4. The van der Waals surface area contributed by atoms with Crippen LogP contribution in [0.2, 0.25) is 0 Å². The van der Waals surface area contributed by atoms with Gasteiger partial charge in [-0.3, -0.25) is 4.90 Å². The molecule has 0 unspecified atom stereocenters. The molecule has 3 aliphatic carbocycles. The summed E-state index contributed by atoms with van der Waals surface area (Å²) in [5.74, 6) is 1.75. The Labute approximate surface area is 161 Å². The van der Waals surface area contributed by atoms with Crippen molar-refractivity contribution in [3.05, 3.63) is 23.3 Å². The first-order valence-corrected chi connectivity index (χ1v) is 10.9. The fourth-order valence-electron chi connectivity index (χ4n) is 6.42. The maximum Gasteiger partial charge on any atom is 0.165 e. The number of halogens is 1. The third-order valence-corrected chi connectivity index (χ3v) is 8.97. The number of aromatic hydroxyl groups is 1. The molecule has 134 valence electrons. The van der Waals surface area contributed by atoms with Crippen molar-refractivity contribution in [2.24, 2.45) is 5.92 Å². The number of aliphatic hydroxyl groups is 1. The van der Waals surface area contributed by atoms with E-state index in [2.05, 4.69) is 33.6 Å². The number of benzene rings is 1. The summed E-state index contributed by atoms with van der Waals surface area (Å²) < 4.78 is 6.76. The number of alkyl halides is 1. The topological polar surface area (TPSA) is 52.9 Å². The van der Waals surface area contributed by atoms with Crippen LogP contribution in [0.3, 0.4) is 0 Å². The van der Waals surface area contributed by atoms with Crippen molar-refractivity contribution in [3.8, 4) is 11.5 Å². The van der Waals surface area contributed by atoms with E-state index in [-0.39, 0.29) is 23.3 Å². The summed E-state index contributed by atoms with van der Waals surface area (Å²) in [4.78, 5) is 2.58. The maximum absolute atomic E-state index is 12.1. The second-order valence-electron chi connectivity index (χ2n) is 8.84. The number of rotatable bonds is 2. The number of likely N-dealkylation sites (tertiary alicyclic amines) is 1. The zero-order valence-electron chi connectivity index (χ0n) is 14.2. The molecular formula is C20H24INO3. The highest BCUT2D eigenvalue weighted by atomic mass is 127. The Morgan fingerprint density at radius 2 is 2.08 bits per heavy atom. The quantitative estimate of drug-likeness (QED) is 0.535. The van der Waals surface area contributed by atoms with E-state index in [0.717, 1.165) is 50.3 Å². The van der Waals surface area contributed by atoms with Crippen LogP contribution < -0.4 is 4.74 Å².